The van der Waals surface area contributed by atoms with Crippen LogP contribution < -0.4 is 14.8 Å². The quantitative estimate of drug-likeness (QED) is 0.876. The minimum atomic E-state index is -0.236. The van der Waals surface area contributed by atoms with Crippen molar-refractivity contribution in [1.29, 1.82) is 5.26 Å². The van der Waals surface area contributed by atoms with Gasteiger partial charge in [0.1, 0.15) is 5.75 Å². The first-order valence-corrected chi connectivity index (χ1v) is 6.60. The van der Waals surface area contributed by atoms with Crippen LogP contribution >= 0.6 is 0 Å². The first-order valence-electron chi connectivity index (χ1n) is 6.60. The van der Waals surface area contributed by atoms with Crippen molar-refractivity contribution in [3.05, 3.63) is 53.7 Å². The number of pyridine rings is 1. The van der Waals surface area contributed by atoms with Gasteiger partial charge in [0.05, 0.1) is 18.7 Å². The highest BCUT2D eigenvalue weighted by molar-refractivity contribution is 5.77. The summed E-state index contributed by atoms with van der Waals surface area (Å²) in [6.07, 6.45) is 1.64. The molecule has 2 aromatic rings. The van der Waals surface area contributed by atoms with Crippen LogP contribution in [0.1, 0.15) is 11.1 Å². The predicted octanol–water partition coefficient (Wildman–Crippen LogP) is 1.66. The third-order valence-electron chi connectivity index (χ3n) is 2.85. The van der Waals surface area contributed by atoms with E-state index in [0.717, 1.165) is 5.56 Å². The van der Waals surface area contributed by atoms with Gasteiger partial charge in [0, 0.05) is 18.8 Å². The Labute approximate surface area is 128 Å². The first kappa shape index (κ1) is 15.3. The lowest BCUT2D eigenvalue weighted by molar-refractivity contribution is -0.123. The molecule has 2 rings (SSSR count). The van der Waals surface area contributed by atoms with Crippen LogP contribution in [-0.2, 0) is 11.3 Å². The predicted molar refractivity (Wildman–Crippen MR) is 79.3 cm³/mol. The molecule has 1 amide bonds. The van der Waals surface area contributed by atoms with Crippen molar-refractivity contribution < 1.29 is 14.3 Å². The van der Waals surface area contributed by atoms with Crippen molar-refractivity contribution in [2.24, 2.45) is 0 Å². The average Bonchev–Trinajstić information content (AvgIpc) is 2.59. The normalized spacial score (nSPS) is 9.64. The fourth-order valence-corrected chi connectivity index (χ4v) is 1.66. The Morgan fingerprint density at radius 3 is 2.64 bits per heavy atom. The minimum Gasteiger partial charge on any atom is -0.484 e. The van der Waals surface area contributed by atoms with Crippen LogP contribution in [0.15, 0.2) is 42.6 Å². The molecule has 1 N–H and O–H groups in total. The molecule has 0 aliphatic heterocycles. The molecule has 1 aromatic heterocycles. The van der Waals surface area contributed by atoms with Crippen molar-refractivity contribution in [2.45, 2.75) is 6.54 Å². The lowest BCUT2D eigenvalue weighted by atomic mass is 10.2. The number of aromatic nitrogens is 1. The zero-order chi connectivity index (χ0) is 15.8. The van der Waals surface area contributed by atoms with E-state index in [4.69, 9.17) is 14.7 Å². The third-order valence-corrected chi connectivity index (χ3v) is 2.85. The Hall–Kier alpha value is -3.07. The third kappa shape index (κ3) is 4.49. The van der Waals surface area contributed by atoms with E-state index in [0.29, 0.717) is 23.7 Å². The standard InChI is InChI=1S/C16H15N3O3/c1-21-16-7-4-13(10-19-16)9-18-15(20)11-22-14-5-2-12(8-17)3-6-14/h2-7,10H,9,11H2,1H3,(H,18,20). The number of benzene rings is 1. The summed E-state index contributed by atoms with van der Waals surface area (Å²) in [5, 5.41) is 11.4. The summed E-state index contributed by atoms with van der Waals surface area (Å²) < 4.78 is 10.3. The van der Waals surface area contributed by atoms with Crippen LogP contribution in [0.3, 0.4) is 0 Å². The number of carbonyl (C=O) groups excluding carboxylic acids is 1. The number of nitrogens with zero attached hydrogens (tertiary/aromatic N) is 2. The lowest BCUT2D eigenvalue weighted by Gasteiger charge is -2.08. The molecule has 1 heterocycles. The van der Waals surface area contributed by atoms with Gasteiger partial charge in [0.25, 0.3) is 5.91 Å². The zero-order valence-corrected chi connectivity index (χ0v) is 12.1. The van der Waals surface area contributed by atoms with Gasteiger partial charge in [-0.1, -0.05) is 6.07 Å². The second-order valence-corrected chi connectivity index (χ2v) is 4.41. The minimum absolute atomic E-state index is 0.0878. The number of ether oxygens (including phenoxy) is 2. The summed E-state index contributed by atoms with van der Waals surface area (Å²) in [5.74, 6) is 0.833. The van der Waals surface area contributed by atoms with Crippen molar-refractivity contribution in [2.75, 3.05) is 13.7 Å². The highest BCUT2D eigenvalue weighted by atomic mass is 16.5. The number of methoxy groups -OCH3 is 1. The monoisotopic (exact) mass is 297 g/mol. The molecule has 0 atom stereocenters. The molecule has 22 heavy (non-hydrogen) atoms. The number of hydrogen-bond acceptors (Lipinski definition) is 5. The molecule has 0 aliphatic rings. The molecule has 6 heteroatoms. The summed E-state index contributed by atoms with van der Waals surface area (Å²) >= 11 is 0. The highest BCUT2D eigenvalue weighted by Crippen LogP contribution is 2.11. The number of amides is 1. The molecule has 0 spiro atoms. The Kier molecular flexibility index (Phi) is 5.32. The molecule has 0 radical (unpaired) electrons. The van der Waals surface area contributed by atoms with Gasteiger partial charge in [-0.25, -0.2) is 4.98 Å². The maximum Gasteiger partial charge on any atom is 0.258 e. The number of nitriles is 1. The van der Waals surface area contributed by atoms with Crippen LogP contribution in [-0.4, -0.2) is 24.6 Å². The largest absolute Gasteiger partial charge is 0.484 e. The molecular weight excluding hydrogens is 282 g/mol. The van der Waals surface area contributed by atoms with Crippen LogP contribution in [0.5, 0.6) is 11.6 Å². The van der Waals surface area contributed by atoms with Crippen LogP contribution in [0.25, 0.3) is 0 Å². The van der Waals surface area contributed by atoms with E-state index in [1.807, 2.05) is 12.1 Å². The molecule has 0 fully saturated rings. The van der Waals surface area contributed by atoms with Gasteiger partial charge in [-0.15, -0.1) is 0 Å². The Bertz CT molecular complexity index is 661. The molecule has 0 saturated heterocycles. The van der Waals surface area contributed by atoms with Gasteiger partial charge >= 0.3 is 0 Å². The molecular formula is C16H15N3O3. The Balaban J connectivity index is 1.76. The van der Waals surface area contributed by atoms with Crippen molar-refractivity contribution in [3.63, 3.8) is 0 Å². The molecule has 0 aliphatic carbocycles. The van der Waals surface area contributed by atoms with Crippen LogP contribution in [0, 0.1) is 11.3 Å². The highest BCUT2D eigenvalue weighted by Gasteiger charge is 2.03. The van der Waals surface area contributed by atoms with E-state index in [-0.39, 0.29) is 12.5 Å². The first-order chi connectivity index (χ1) is 10.7. The second kappa shape index (κ2) is 7.64. The van der Waals surface area contributed by atoms with E-state index in [1.54, 1.807) is 43.6 Å². The number of rotatable bonds is 6. The van der Waals surface area contributed by atoms with E-state index >= 15 is 0 Å². The SMILES string of the molecule is COc1ccc(CNC(=O)COc2ccc(C#N)cc2)cn1. The zero-order valence-electron chi connectivity index (χ0n) is 12.1. The summed E-state index contributed by atoms with van der Waals surface area (Å²) in [5.41, 5.74) is 1.41. The van der Waals surface area contributed by atoms with Crippen LogP contribution in [0.4, 0.5) is 0 Å². The summed E-state index contributed by atoms with van der Waals surface area (Å²) in [4.78, 5) is 15.8. The smallest absolute Gasteiger partial charge is 0.258 e. The van der Waals surface area contributed by atoms with Crippen LogP contribution in [0.2, 0.25) is 0 Å². The molecule has 0 unspecified atom stereocenters. The molecule has 0 saturated carbocycles. The fourth-order valence-electron chi connectivity index (χ4n) is 1.66. The van der Waals surface area contributed by atoms with Crippen molar-refractivity contribution >= 4 is 5.91 Å². The topological polar surface area (TPSA) is 84.2 Å². The Morgan fingerprint density at radius 2 is 2.05 bits per heavy atom. The van der Waals surface area contributed by atoms with Crippen molar-refractivity contribution in [1.82, 2.24) is 10.3 Å². The maximum atomic E-state index is 11.7. The fraction of sp³-hybridized carbons (Fsp3) is 0.188. The molecule has 1 aromatic carbocycles. The van der Waals surface area contributed by atoms with Gasteiger partial charge < -0.3 is 14.8 Å². The second-order valence-electron chi connectivity index (χ2n) is 4.41. The summed E-state index contributed by atoms with van der Waals surface area (Å²) in [7, 11) is 1.55. The molecule has 6 nitrogen and oxygen atoms in total. The van der Waals surface area contributed by atoms with E-state index in [2.05, 4.69) is 10.3 Å². The van der Waals surface area contributed by atoms with E-state index in [1.165, 1.54) is 0 Å². The van der Waals surface area contributed by atoms with Gasteiger partial charge in [0.15, 0.2) is 6.61 Å². The number of carbonyl (C=O) groups is 1. The van der Waals surface area contributed by atoms with Gasteiger partial charge in [-0.2, -0.15) is 5.26 Å². The van der Waals surface area contributed by atoms with Gasteiger partial charge in [0.2, 0.25) is 5.88 Å². The number of nitrogens with one attached hydrogen (secondary N) is 1. The van der Waals surface area contributed by atoms with E-state index in [9.17, 15) is 4.79 Å². The number of hydrogen-bond donors (Lipinski definition) is 1. The summed E-state index contributed by atoms with van der Waals surface area (Å²) in [6, 6.07) is 12.1. The van der Waals surface area contributed by atoms with Gasteiger partial charge in [-0.05, 0) is 29.8 Å². The van der Waals surface area contributed by atoms with Crippen molar-refractivity contribution in [3.8, 4) is 17.7 Å². The average molecular weight is 297 g/mol. The Morgan fingerprint density at radius 1 is 1.27 bits per heavy atom. The molecule has 112 valence electrons. The molecule has 0 bridgehead atoms. The maximum absolute atomic E-state index is 11.7. The van der Waals surface area contributed by atoms with E-state index < -0.39 is 0 Å². The van der Waals surface area contributed by atoms with Gasteiger partial charge in [-0.3, -0.25) is 4.79 Å². The summed E-state index contributed by atoms with van der Waals surface area (Å²) in [6.45, 7) is 0.280. The lowest BCUT2D eigenvalue weighted by Crippen LogP contribution is -2.28.